The lowest BCUT2D eigenvalue weighted by Gasteiger charge is -2.33. The number of aryl methyl sites for hydroxylation is 1. The molecule has 1 saturated heterocycles. The summed E-state index contributed by atoms with van der Waals surface area (Å²) >= 11 is 0. The lowest BCUT2D eigenvalue weighted by molar-refractivity contribution is -0.139. The number of carbonyl (C=O) groups excluding carboxylic acids is 1. The normalized spacial score (nSPS) is 17.7. The van der Waals surface area contributed by atoms with E-state index in [9.17, 15) is 4.79 Å². The summed E-state index contributed by atoms with van der Waals surface area (Å²) in [5, 5.41) is 7.13. The predicted molar refractivity (Wildman–Crippen MR) is 90.7 cm³/mol. The van der Waals surface area contributed by atoms with Gasteiger partial charge in [0.15, 0.2) is 0 Å². The van der Waals surface area contributed by atoms with Crippen LogP contribution >= 0.6 is 0 Å². The van der Waals surface area contributed by atoms with Crippen molar-refractivity contribution in [2.75, 3.05) is 32.1 Å². The number of hydrogen-bond donors (Lipinski definition) is 1. The second-order valence-electron chi connectivity index (χ2n) is 5.87. The number of carbonyl (C=O) groups is 1. The molecule has 1 aliphatic rings. The Bertz CT molecular complexity index is 659. The lowest BCUT2D eigenvalue weighted by Crippen LogP contribution is -2.46. The Kier molecular flexibility index (Phi) is 5.43. The van der Waals surface area contributed by atoms with Gasteiger partial charge in [0.05, 0.1) is 12.7 Å². The fourth-order valence-electron chi connectivity index (χ4n) is 2.85. The van der Waals surface area contributed by atoms with Crippen molar-refractivity contribution in [2.45, 2.75) is 25.5 Å². The highest BCUT2D eigenvalue weighted by Gasteiger charge is 2.24. The molecule has 0 aromatic carbocycles. The van der Waals surface area contributed by atoms with Crippen LogP contribution < -0.4 is 5.32 Å². The maximum Gasteiger partial charge on any atom is 0.244 e. The summed E-state index contributed by atoms with van der Waals surface area (Å²) in [6.45, 7) is 2.17. The molecule has 1 N–H and O–H groups in total. The summed E-state index contributed by atoms with van der Waals surface area (Å²) < 4.78 is 7.48. The van der Waals surface area contributed by atoms with Crippen molar-refractivity contribution in [1.82, 2.24) is 19.7 Å². The van der Waals surface area contributed by atoms with Crippen LogP contribution in [0.5, 0.6) is 0 Å². The zero-order valence-electron chi connectivity index (χ0n) is 13.9. The van der Waals surface area contributed by atoms with Gasteiger partial charge in [-0.2, -0.15) is 5.10 Å². The van der Waals surface area contributed by atoms with Crippen molar-refractivity contribution >= 4 is 11.7 Å². The van der Waals surface area contributed by atoms with E-state index in [1.807, 2.05) is 36.3 Å². The summed E-state index contributed by atoms with van der Waals surface area (Å²) in [6.07, 6.45) is 7.17. The number of anilines is 1. The maximum absolute atomic E-state index is 12.4. The first-order valence-corrected chi connectivity index (χ1v) is 8.24. The summed E-state index contributed by atoms with van der Waals surface area (Å²) in [7, 11) is 1.86. The fourth-order valence-corrected chi connectivity index (χ4v) is 2.85. The standard InChI is InChI=1S/C17H23N5O2/c1-18-16-11-14(5-7-19-16)3-4-15-12-21(9-10-24-15)17(23)13-22-8-2-6-20-22/h2,5-8,11,15H,3-4,9-10,12-13H2,1H3,(H,18,19). The van der Waals surface area contributed by atoms with Crippen LogP contribution in [0.2, 0.25) is 0 Å². The Morgan fingerprint density at radius 3 is 3.17 bits per heavy atom. The Morgan fingerprint density at radius 2 is 2.38 bits per heavy atom. The Balaban J connectivity index is 1.50. The predicted octanol–water partition coefficient (Wildman–Crippen LogP) is 1.18. The molecule has 0 spiro atoms. The summed E-state index contributed by atoms with van der Waals surface area (Å²) in [5.74, 6) is 0.960. The smallest absolute Gasteiger partial charge is 0.244 e. The minimum atomic E-state index is 0.0755. The number of nitrogens with one attached hydrogen (secondary N) is 1. The van der Waals surface area contributed by atoms with E-state index >= 15 is 0 Å². The third kappa shape index (κ3) is 4.32. The van der Waals surface area contributed by atoms with Crippen molar-refractivity contribution in [3.8, 4) is 0 Å². The van der Waals surface area contributed by atoms with Crippen molar-refractivity contribution in [3.05, 3.63) is 42.4 Å². The molecule has 0 saturated carbocycles. The number of rotatable bonds is 6. The van der Waals surface area contributed by atoms with Gasteiger partial charge in [-0.1, -0.05) is 0 Å². The van der Waals surface area contributed by atoms with Crippen molar-refractivity contribution in [3.63, 3.8) is 0 Å². The highest BCUT2D eigenvalue weighted by atomic mass is 16.5. The van der Waals surface area contributed by atoms with Gasteiger partial charge < -0.3 is 15.0 Å². The number of pyridine rings is 1. The van der Waals surface area contributed by atoms with Gasteiger partial charge in [-0.15, -0.1) is 0 Å². The number of aromatic nitrogens is 3. The highest BCUT2D eigenvalue weighted by Crippen LogP contribution is 2.14. The SMILES string of the molecule is CNc1cc(CCC2CN(C(=O)Cn3cccn3)CCO2)ccn1. The number of morpholine rings is 1. The molecule has 7 nitrogen and oxygen atoms in total. The van der Waals surface area contributed by atoms with Crippen molar-refractivity contribution < 1.29 is 9.53 Å². The highest BCUT2D eigenvalue weighted by molar-refractivity contribution is 5.76. The van der Waals surface area contributed by atoms with E-state index in [4.69, 9.17) is 4.74 Å². The fraction of sp³-hybridized carbons (Fsp3) is 0.471. The second kappa shape index (κ2) is 7.92. The van der Waals surface area contributed by atoms with Gasteiger partial charge in [0.25, 0.3) is 0 Å². The second-order valence-corrected chi connectivity index (χ2v) is 5.87. The Morgan fingerprint density at radius 1 is 1.46 bits per heavy atom. The molecule has 1 aliphatic heterocycles. The van der Waals surface area contributed by atoms with Gasteiger partial charge in [0.1, 0.15) is 12.4 Å². The first-order valence-electron chi connectivity index (χ1n) is 8.24. The van der Waals surface area contributed by atoms with Gasteiger partial charge >= 0.3 is 0 Å². The van der Waals surface area contributed by atoms with Crippen molar-refractivity contribution in [1.29, 1.82) is 0 Å². The molecule has 0 aliphatic carbocycles. The van der Waals surface area contributed by atoms with Crippen LogP contribution in [0.1, 0.15) is 12.0 Å². The van der Waals surface area contributed by atoms with Crippen LogP contribution in [0.3, 0.4) is 0 Å². The minimum absolute atomic E-state index is 0.0755. The van der Waals surface area contributed by atoms with Gasteiger partial charge in [-0.3, -0.25) is 9.48 Å². The topological polar surface area (TPSA) is 72.3 Å². The molecule has 1 amide bonds. The third-order valence-corrected chi connectivity index (χ3v) is 4.18. The van der Waals surface area contributed by atoms with Gasteiger partial charge in [-0.05, 0) is 36.6 Å². The molecular formula is C17H23N5O2. The van der Waals surface area contributed by atoms with Gasteiger partial charge in [0, 0.05) is 38.7 Å². The minimum Gasteiger partial charge on any atom is -0.375 e. The van der Waals surface area contributed by atoms with Crippen LogP contribution in [0.25, 0.3) is 0 Å². The molecule has 1 fully saturated rings. The average molecular weight is 329 g/mol. The molecule has 3 heterocycles. The summed E-state index contributed by atoms with van der Waals surface area (Å²) in [4.78, 5) is 18.5. The van der Waals surface area contributed by atoms with Crippen LogP contribution in [-0.2, 0) is 22.5 Å². The van der Waals surface area contributed by atoms with Crippen LogP contribution in [0, 0.1) is 0 Å². The first kappa shape index (κ1) is 16.4. The van der Waals surface area contributed by atoms with Gasteiger partial charge in [-0.25, -0.2) is 4.98 Å². The molecule has 2 aromatic heterocycles. The molecule has 7 heteroatoms. The quantitative estimate of drug-likeness (QED) is 0.861. The molecule has 1 atom stereocenters. The van der Waals surface area contributed by atoms with E-state index in [-0.39, 0.29) is 18.6 Å². The molecule has 0 radical (unpaired) electrons. The molecule has 0 bridgehead atoms. The van der Waals surface area contributed by atoms with E-state index in [0.717, 1.165) is 18.7 Å². The largest absolute Gasteiger partial charge is 0.375 e. The number of nitrogens with zero attached hydrogens (tertiary/aromatic N) is 4. The van der Waals surface area contributed by atoms with Crippen LogP contribution in [0.15, 0.2) is 36.8 Å². The maximum atomic E-state index is 12.4. The number of amides is 1. The molecular weight excluding hydrogens is 306 g/mol. The monoisotopic (exact) mass is 329 g/mol. The molecule has 3 rings (SSSR count). The lowest BCUT2D eigenvalue weighted by atomic mass is 10.1. The number of ether oxygens (including phenoxy) is 1. The molecule has 2 aromatic rings. The molecule has 24 heavy (non-hydrogen) atoms. The van der Waals surface area contributed by atoms with Crippen molar-refractivity contribution in [2.24, 2.45) is 0 Å². The summed E-state index contributed by atoms with van der Waals surface area (Å²) in [5.41, 5.74) is 1.22. The Labute approximate surface area is 141 Å². The van der Waals surface area contributed by atoms with E-state index < -0.39 is 0 Å². The third-order valence-electron chi connectivity index (χ3n) is 4.18. The van der Waals surface area contributed by atoms with Crippen LogP contribution in [-0.4, -0.2) is 58.4 Å². The first-order chi connectivity index (χ1) is 11.7. The van der Waals surface area contributed by atoms with E-state index in [2.05, 4.69) is 15.4 Å². The van der Waals surface area contributed by atoms with E-state index in [0.29, 0.717) is 19.7 Å². The van der Waals surface area contributed by atoms with Crippen LogP contribution in [0.4, 0.5) is 5.82 Å². The zero-order valence-corrected chi connectivity index (χ0v) is 13.9. The average Bonchev–Trinajstić information content (AvgIpc) is 3.13. The Hall–Kier alpha value is -2.41. The zero-order chi connectivity index (χ0) is 16.8. The van der Waals surface area contributed by atoms with E-state index in [1.54, 1.807) is 17.1 Å². The molecule has 1 unspecified atom stereocenters. The number of hydrogen-bond acceptors (Lipinski definition) is 5. The molecule has 128 valence electrons. The van der Waals surface area contributed by atoms with E-state index in [1.165, 1.54) is 5.56 Å². The summed E-state index contributed by atoms with van der Waals surface area (Å²) in [6, 6.07) is 5.89. The van der Waals surface area contributed by atoms with Gasteiger partial charge in [0.2, 0.25) is 5.91 Å².